The average Bonchev–Trinajstić information content (AvgIpc) is 2.75. The van der Waals surface area contributed by atoms with Crippen molar-refractivity contribution < 1.29 is 0 Å². The van der Waals surface area contributed by atoms with E-state index in [0.717, 1.165) is 36.4 Å². The van der Waals surface area contributed by atoms with Crippen LogP contribution in [0.5, 0.6) is 0 Å². The maximum absolute atomic E-state index is 4.37. The fourth-order valence-electron chi connectivity index (χ4n) is 2.86. The highest BCUT2D eigenvalue weighted by atomic mass is 15.2. The first-order valence-electron chi connectivity index (χ1n) is 6.07. The van der Waals surface area contributed by atoms with Crippen molar-refractivity contribution in [3.05, 3.63) is 18.1 Å². The minimum atomic E-state index is 0.809. The molecule has 2 unspecified atom stereocenters. The molecule has 4 nitrogen and oxygen atoms in total. The zero-order valence-corrected chi connectivity index (χ0v) is 9.69. The summed E-state index contributed by atoms with van der Waals surface area (Å²) < 4.78 is 0. The summed E-state index contributed by atoms with van der Waals surface area (Å²) in [6, 6.07) is 2.09. The number of anilines is 1. The number of rotatable bonds is 1. The Labute approximate surface area is 96.1 Å². The van der Waals surface area contributed by atoms with Gasteiger partial charge in [0.15, 0.2) is 0 Å². The van der Waals surface area contributed by atoms with E-state index in [1.54, 1.807) is 6.33 Å². The third-order valence-electron chi connectivity index (χ3n) is 3.82. The van der Waals surface area contributed by atoms with Crippen LogP contribution < -0.4 is 10.2 Å². The summed E-state index contributed by atoms with van der Waals surface area (Å²) in [6.45, 7) is 6.69. The van der Waals surface area contributed by atoms with Gasteiger partial charge in [-0.15, -0.1) is 0 Å². The monoisotopic (exact) mass is 218 g/mol. The molecule has 0 amide bonds. The van der Waals surface area contributed by atoms with Crippen LogP contribution in [0.2, 0.25) is 0 Å². The first-order chi connectivity index (χ1) is 7.83. The zero-order valence-electron chi connectivity index (χ0n) is 9.69. The van der Waals surface area contributed by atoms with Gasteiger partial charge in [-0.25, -0.2) is 9.97 Å². The third-order valence-corrected chi connectivity index (χ3v) is 3.82. The van der Waals surface area contributed by atoms with Gasteiger partial charge < -0.3 is 10.2 Å². The predicted octanol–water partition coefficient (Wildman–Crippen LogP) is 0.831. The molecule has 2 aliphatic rings. The molecule has 2 aliphatic heterocycles. The van der Waals surface area contributed by atoms with Crippen molar-refractivity contribution in [2.75, 3.05) is 31.1 Å². The lowest BCUT2D eigenvalue weighted by molar-refractivity contribution is 0.347. The van der Waals surface area contributed by atoms with E-state index in [1.807, 2.05) is 6.92 Å². The minimum absolute atomic E-state index is 0.809. The Morgan fingerprint density at radius 1 is 1.31 bits per heavy atom. The molecule has 16 heavy (non-hydrogen) atoms. The van der Waals surface area contributed by atoms with Gasteiger partial charge >= 0.3 is 0 Å². The summed E-state index contributed by atoms with van der Waals surface area (Å²) in [7, 11) is 0. The highest BCUT2D eigenvalue weighted by Crippen LogP contribution is 2.28. The molecule has 2 fully saturated rings. The number of aromatic nitrogens is 2. The summed E-state index contributed by atoms with van der Waals surface area (Å²) in [5, 5.41) is 3.49. The molecule has 1 aromatic rings. The van der Waals surface area contributed by atoms with Crippen molar-refractivity contribution in [3.8, 4) is 0 Å². The van der Waals surface area contributed by atoms with Gasteiger partial charge in [0.05, 0.1) is 0 Å². The van der Waals surface area contributed by atoms with Crippen molar-refractivity contribution in [2.24, 2.45) is 11.8 Å². The van der Waals surface area contributed by atoms with E-state index in [1.165, 1.54) is 19.5 Å². The summed E-state index contributed by atoms with van der Waals surface area (Å²) in [6.07, 6.45) is 2.96. The first kappa shape index (κ1) is 10.0. The van der Waals surface area contributed by atoms with Crippen molar-refractivity contribution in [2.45, 2.75) is 13.3 Å². The van der Waals surface area contributed by atoms with E-state index >= 15 is 0 Å². The van der Waals surface area contributed by atoms with Crippen LogP contribution in [-0.4, -0.2) is 36.1 Å². The normalized spacial score (nSPS) is 29.2. The van der Waals surface area contributed by atoms with Gasteiger partial charge in [0.2, 0.25) is 0 Å². The highest BCUT2D eigenvalue weighted by molar-refractivity contribution is 5.39. The van der Waals surface area contributed by atoms with E-state index in [2.05, 4.69) is 26.3 Å². The molecule has 0 aliphatic carbocycles. The molecule has 0 bridgehead atoms. The smallest absolute Gasteiger partial charge is 0.132 e. The standard InChI is InChI=1S/C12H18N4/c1-9-4-12(15-8-14-9)16-3-2-10-5-13-6-11(10)7-16/h4,8,10-11,13H,2-3,5-7H2,1H3. The zero-order chi connectivity index (χ0) is 11.0. The number of nitrogens with one attached hydrogen (secondary N) is 1. The van der Waals surface area contributed by atoms with E-state index in [0.29, 0.717) is 0 Å². The van der Waals surface area contributed by atoms with Crippen molar-refractivity contribution in [3.63, 3.8) is 0 Å². The predicted molar refractivity (Wildman–Crippen MR) is 63.4 cm³/mol. The minimum Gasteiger partial charge on any atom is -0.356 e. The van der Waals surface area contributed by atoms with Gasteiger partial charge in [0.25, 0.3) is 0 Å². The molecule has 2 saturated heterocycles. The Bertz CT molecular complexity index is 379. The van der Waals surface area contributed by atoms with Crippen LogP contribution in [0.1, 0.15) is 12.1 Å². The molecule has 0 radical (unpaired) electrons. The van der Waals surface area contributed by atoms with Crippen molar-refractivity contribution in [1.29, 1.82) is 0 Å². The molecule has 0 spiro atoms. The first-order valence-corrected chi connectivity index (χ1v) is 6.07. The quantitative estimate of drug-likeness (QED) is 0.758. The van der Waals surface area contributed by atoms with Gasteiger partial charge in [0, 0.05) is 24.8 Å². The number of piperidine rings is 1. The fourth-order valence-corrected chi connectivity index (χ4v) is 2.86. The SMILES string of the molecule is Cc1cc(N2CCC3CNCC3C2)ncn1. The number of nitrogens with zero attached hydrogens (tertiary/aromatic N) is 3. The summed E-state index contributed by atoms with van der Waals surface area (Å²) >= 11 is 0. The molecule has 3 rings (SSSR count). The van der Waals surface area contributed by atoms with Gasteiger partial charge in [-0.3, -0.25) is 0 Å². The number of hydrogen-bond acceptors (Lipinski definition) is 4. The van der Waals surface area contributed by atoms with Crippen LogP contribution in [0.15, 0.2) is 12.4 Å². The van der Waals surface area contributed by atoms with Crippen LogP contribution >= 0.6 is 0 Å². The van der Waals surface area contributed by atoms with Crippen molar-refractivity contribution >= 4 is 5.82 Å². The Balaban J connectivity index is 1.76. The lowest BCUT2D eigenvalue weighted by Crippen LogP contribution is -2.40. The Morgan fingerprint density at radius 3 is 3.06 bits per heavy atom. The lowest BCUT2D eigenvalue weighted by Gasteiger charge is -2.35. The molecule has 4 heteroatoms. The second kappa shape index (κ2) is 4.01. The molecule has 0 aromatic carbocycles. The second-order valence-corrected chi connectivity index (χ2v) is 4.93. The molecular formula is C12H18N4. The number of hydrogen-bond donors (Lipinski definition) is 1. The summed E-state index contributed by atoms with van der Waals surface area (Å²) in [5.74, 6) is 2.79. The number of fused-ring (bicyclic) bond motifs is 1. The van der Waals surface area contributed by atoms with Crippen LogP contribution in [-0.2, 0) is 0 Å². The van der Waals surface area contributed by atoms with Gasteiger partial charge in [-0.1, -0.05) is 0 Å². The Kier molecular flexibility index (Phi) is 2.52. The van der Waals surface area contributed by atoms with Crippen LogP contribution in [0, 0.1) is 18.8 Å². The van der Waals surface area contributed by atoms with Crippen molar-refractivity contribution in [1.82, 2.24) is 15.3 Å². The Morgan fingerprint density at radius 2 is 2.19 bits per heavy atom. The summed E-state index contributed by atoms with van der Waals surface area (Å²) in [4.78, 5) is 10.9. The van der Waals surface area contributed by atoms with E-state index in [9.17, 15) is 0 Å². The maximum atomic E-state index is 4.37. The van der Waals surface area contributed by atoms with Gasteiger partial charge in [0.1, 0.15) is 12.1 Å². The topological polar surface area (TPSA) is 41.0 Å². The molecule has 0 saturated carbocycles. The second-order valence-electron chi connectivity index (χ2n) is 4.93. The molecular weight excluding hydrogens is 200 g/mol. The largest absolute Gasteiger partial charge is 0.356 e. The molecule has 1 aromatic heterocycles. The van der Waals surface area contributed by atoms with Crippen LogP contribution in [0.3, 0.4) is 0 Å². The molecule has 3 heterocycles. The van der Waals surface area contributed by atoms with E-state index in [4.69, 9.17) is 0 Å². The average molecular weight is 218 g/mol. The van der Waals surface area contributed by atoms with E-state index < -0.39 is 0 Å². The van der Waals surface area contributed by atoms with E-state index in [-0.39, 0.29) is 0 Å². The fraction of sp³-hybridized carbons (Fsp3) is 0.667. The van der Waals surface area contributed by atoms with Gasteiger partial charge in [-0.2, -0.15) is 0 Å². The number of aryl methyl sites for hydroxylation is 1. The maximum Gasteiger partial charge on any atom is 0.132 e. The molecule has 86 valence electrons. The summed E-state index contributed by atoms with van der Waals surface area (Å²) in [5.41, 5.74) is 1.05. The van der Waals surface area contributed by atoms with Crippen LogP contribution in [0.25, 0.3) is 0 Å². The Hall–Kier alpha value is -1.16. The molecule has 1 N–H and O–H groups in total. The van der Waals surface area contributed by atoms with Crippen LogP contribution in [0.4, 0.5) is 5.82 Å². The highest BCUT2D eigenvalue weighted by Gasteiger charge is 2.33. The third kappa shape index (κ3) is 1.78. The molecule has 2 atom stereocenters. The lowest BCUT2D eigenvalue weighted by atomic mass is 9.89. The van der Waals surface area contributed by atoms with Gasteiger partial charge in [-0.05, 0) is 38.3 Å².